The summed E-state index contributed by atoms with van der Waals surface area (Å²) in [6.45, 7) is 0.500. The lowest BCUT2D eigenvalue weighted by atomic mass is 9.77. The fourth-order valence-corrected chi connectivity index (χ4v) is 2.82. The second-order valence-electron chi connectivity index (χ2n) is 5.64. The summed E-state index contributed by atoms with van der Waals surface area (Å²) in [7, 11) is 0. The molecule has 0 aliphatic rings. The number of aromatic nitrogens is 3. The van der Waals surface area contributed by atoms with Crippen molar-refractivity contribution in [3.05, 3.63) is 84.4 Å². The van der Waals surface area contributed by atoms with Crippen molar-refractivity contribution in [2.75, 3.05) is 0 Å². The Hall–Kier alpha value is -2.93. The van der Waals surface area contributed by atoms with Crippen LogP contribution in [0.5, 0.6) is 0 Å². The minimum Gasteiger partial charge on any atom is -0.251 e. The summed E-state index contributed by atoms with van der Waals surface area (Å²) in [5, 5.41) is 14.2. The third-order valence-electron chi connectivity index (χ3n) is 4.12. The Kier molecular flexibility index (Phi) is 4.49. The van der Waals surface area contributed by atoms with E-state index in [9.17, 15) is 5.26 Å². The van der Waals surface area contributed by atoms with Gasteiger partial charge in [0.05, 0.1) is 12.6 Å². The molecule has 0 aliphatic heterocycles. The van der Waals surface area contributed by atoms with Crippen molar-refractivity contribution < 1.29 is 0 Å². The predicted molar refractivity (Wildman–Crippen MR) is 88.5 cm³/mol. The molecule has 1 unspecified atom stereocenters. The second-order valence-corrected chi connectivity index (χ2v) is 5.64. The number of rotatable bonds is 6. The highest BCUT2D eigenvalue weighted by atomic mass is 15.3. The number of aryl methyl sites for hydroxylation is 1. The summed E-state index contributed by atoms with van der Waals surface area (Å²) in [6, 6.07) is 22.8. The number of nitrogens with zero attached hydrogens (tertiary/aromatic N) is 4. The van der Waals surface area contributed by atoms with Crippen molar-refractivity contribution in [1.29, 1.82) is 5.26 Å². The summed E-state index contributed by atoms with van der Waals surface area (Å²) < 4.78 is 1.74. The monoisotopic (exact) mass is 302 g/mol. The van der Waals surface area contributed by atoms with E-state index in [1.807, 2.05) is 48.5 Å². The van der Waals surface area contributed by atoms with Gasteiger partial charge in [0.15, 0.2) is 0 Å². The van der Waals surface area contributed by atoms with Gasteiger partial charge in [0.1, 0.15) is 18.1 Å². The van der Waals surface area contributed by atoms with Gasteiger partial charge in [-0.05, 0) is 24.0 Å². The Bertz CT molecular complexity index is 760. The number of benzene rings is 2. The second kappa shape index (κ2) is 6.89. The van der Waals surface area contributed by atoms with Gasteiger partial charge in [0.2, 0.25) is 0 Å². The molecule has 4 nitrogen and oxygen atoms in total. The molecule has 1 heterocycles. The summed E-state index contributed by atoms with van der Waals surface area (Å²) in [5.74, 6) is 0. The first-order valence-corrected chi connectivity index (χ1v) is 7.65. The first-order valence-electron chi connectivity index (χ1n) is 7.65. The lowest BCUT2D eigenvalue weighted by Gasteiger charge is -2.27. The van der Waals surface area contributed by atoms with Crippen molar-refractivity contribution >= 4 is 0 Å². The zero-order chi connectivity index (χ0) is 16.0. The first kappa shape index (κ1) is 15.0. The minimum absolute atomic E-state index is 0.500. The van der Waals surface area contributed by atoms with Crippen LogP contribution in [0.2, 0.25) is 0 Å². The van der Waals surface area contributed by atoms with Crippen LogP contribution in [0.25, 0.3) is 0 Å². The van der Waals surface area contributed by atoms with Crippen molar-refractivity contribution in [3.63, 3.8) is 0 Å². The van der Waals surface area contributed by atoms with Gasteiger partial charge in [0, 0.05) is 0 Å². The molecule has 0 aliphatic carbocycles. The molecule has 0 saturated heterocycles. The number of hydrogen-bond acceptors (Lipinski definition) is 3. The van der Waals surface area contributed by atoms with Crippen molar-refractivity contribution in [2.24, 2.45) is 0 Å². The Labute approximate surface area is 136 Å². The topological polar surface area (TPSA) is 54.5 Å². The maximum Gasteiger partial charge on any atom is 0.137 e. The zero-order valence-electron chi connectivity index (χ0n) is 12.8. The molecule has 23 heavy (non-hydrogen) atoms. The van der Waals surface area contributed by atoms with Gasteiger partial charge in [-0.15, -0.1) is 0 Å². The van der Waals surface area contributed by atoms with Crippen LogP contribution >= 0.6 is 0 Å². The summed E-state index contributed by atoms with van der Waals surface area (Å²) in [6.07, 6.45) is 4.75. The summed E-state index contributed by atoms with van der Waals surface area (Å²) in [5.41, 5.74) is 1.64. The van der Waals surface area contributed by atoms with E-state index in [0.717, 1.165) is 18.4 Å². The largest absolute Gasteiger partial charge is 0.251 e. The molecule has 114 valence electrons. The van der Waals surface area contributed by atoms with E-state index in [1.54, 1.807) is 11.0 Å². The molecule has 3 aromatic rings. The molecule has 4 heteroatoms. The van der Waals surface area contributed by atoms with Crippen LogP contribution in [-0.4, -0.2) is 14.8 Å². The van der Waals surface area contributed by atoms with Crippen LogP contribution in [0.3, 0.4) is 0 Å². The van der Waals surface area contributed by atoms with Crippen LogP contribution in [0.1, 0.15) is 17.5 Å². The van der Waals surface area contributed by atoms with Crippen molar-refractivity contribution in [1.82, 2.24) is 14.8 Å². The molecule has 0 N–H and O–H groups in total. The Morgan fingerprint density at radius 3 is 2.30 bits per heavy atom. The van der Waals surface area contributed by atoms with Crippen LogP contribution in [0, 0.1) is 11.3 Å². The highest BCUT2D eigenvalue weighted by Crippen LogP contribution is 2.31. The Morgan fingerprint density at radius 2 is 1.70 bits per heavy atom. The highest BCUT2D eigenvalue weighted by molar-refractivity contribution is 5.33. The van der Waals surface area contributed by atoms with Crippen LogP contribution < -0.4 is 0 Å². The van der Waals surface area contributed by atoms with Crippen LogP contribution in [0.15, 0.2) is 73.3 Å². The van der Waals surface area contributed by atoms with E-state index in [4.69, 9.17) is 0 Å². The molecule has 1 atom stereocenters. The molecule has 2 aromatic carbocycles. The molecule has 0 radical (unpaired) electrons. The third-order valence-corrected chi connectivity index (χ3v) is 4.12. The van der Waals surface area contributed by atoms with E-state index in [0.29, 0.717) is 6.54 Å². The summed E-state index contributed by atoms with van der Waals surface area (Å²) >= 11 is 0. The predicted octanol–water partition coefficient (Wildman–Crippen LogP) is 3.37. The molecule has 0 amide bonds. The average Bonchev–Trinajstić information content (AvgIpc) is 3.13. The lowest BCUT2D eigenvalue weighted by Crippen LogP contribution is -2.31. The molecule has 0 fully saturated rings. The van der Waals surface area contributed by atoms with Gasteiger partial charge in [-0.1, -0.05) is 60.7 Å². The number of nitriles is 1. The minimum atomic E-state index is -0.620. The standard InChI is InChI=1S/C19H18N4/c20-13-19(14-23-16-21-15-22-23,18-9-5-2-6-10-18)12-11-17-7-3-1-4-8-17/h1-10,15-16H,11-12,14H2. The molecule has 0 spiro atoms. The summed E-state index contributed by atoms with van der Waals surface area (Å²) in [4.78, 5) is 4.00. The van der Waals surface area contributed by atoms with E-state index < -0.39 is 5.41 Å². The maximum atomic E-state index is 10.00. The van der Waals surface area contributed by atoms with Crippen LogP contribution in [-0.2, 0) is 18.4 Å². The third kappa shape index (κ3) is 3.46. The maximum absolute atomic E-state index is 10.00. The molecule has 0 saturated carbocycles. The van der Waals surface area contributed by atoms with E-state index in [2.05, 4.69) is 28.3 Å². The molecular formula is C19H18N4. The van der Waals surface area contributed by atoms with Crippen molar-refractivity contribution in [2.45, 2.75) is 24.8 Å². The van der Waals surface area contributed by atoms with Gasteiger partial charge in [-0.3, -0.25) is 4.68 Å². The number of hydrogen-bond donors (Lipinski definition) is 0. The molecule has 3 rings (SSSR count). The first-order chi connectivity index (χ1) is 11.3. The van der Waals surface area contributed by atoms with Crippen LogP contribution in [0.4, 0.5) is 0 Å². The molecule has 0 bridgehead atoms. The fraction of sp³-hybridized carbons (Fsp3) is 0.211. The van der Waals surface area contributed by atoms with Gasteiger partial charge < -0.3 is 0 Å². The zero-order valence-corrected chi connectivity index (χ0v) is 12.8. The normalized spacial score (nSPS) is 13.2. The SMILES string of the molecule is N#CC(CCc1ccccc1)(Cn1cncn1)c1ccccc1. The van der Waals surface area contributed by atoms with Gasteiger partial charge >= 0.3 is 0 Å². The van der Waals surface area contributed by atoms with Gasteiger partial charge in [-0.2, -0.15) is 10.4 Å². The van der Waals surface area contributed by atoms with Gasteiger partial charge in [-0.25, -0.2) is 4.98 Å². The van der Waals surface area contributed by atoms with E-state index in [-0.39, 0.29) is 0 Å². The lowest BCUT2D eigenvalue weighted by molar-refractivity contribution is 0.402. The average molecular weight is 302 g/mol. The smallest absolute Gasteiger partial charge is 0.137 e. The van der Waals surface area contributed by atoms with E-state index in [1.165, 1.54) is 11.9 Å². The highest BCUT2D eigenvalue weighted by Gasteiger charge is 2.33. The Balaban J connectivity index is 1.90. The van der Waals surface area contributed by atoms with E-state index >= 15 is 0 Å². The fourth-order valence-electron chi connectivity index (χ4n) is 2.82. The quantitative estimate of drug-likeness (QED) is 0.701. The van der Waals surface area contributed by atoms with Crippen molar-refractivity contribution in [3.8, 4) is 6.07 Å². The Morgan fingerprint density at radius 1 is 1.00 bits per heavy atom. The molecule has 1 aromatic heterocycles. The molecular weight excluding hydrogens is 284 g/mol. The van der Waals surface area contributed by atoms with Gasteiger partial charge in [0.25, 0.3) is 0 Å².